The third-order valence-electron chi connectivity index (χ3n) is 3.57. The van der Waals surface area contributed by atoms with E-state index in [-0.39, 0.29) is 11.3 Å². The van der Waals surface area contributed by atoms with Gasteiger partial charge < -0.3 is 20.1 Å². The van der Waals surface area contributed by atoms with Crippen LogP contribution in [0.25, 0.3) is 10.9 Å². The summed E-state index contributed by atoms with van der Waals surface area (Å²) in [4.78, 5) is 26.3. The van der Waals surface area contributed by atoms with E-state index < -0.39 is 11.5 Å². The number of anilines is 2. The number of aromatic amines is 1. The second-order valence-electron chi connectivity index (χ2n) is 5.14. The minimum absolute atomic E-state index is 0.269. The van der Waals surface area contributed by atoms with Gasteiger partial charge in [-0.15, -0.1) is 0 Å². The Morgan fingerprint density at radius 1 is 1.17 bits per heavy atom. The molecule has 0 unspecified atom stereocenters. The van der Waals surface area contributed by atoms with Gasteiger partial charge in [0, 0.05) is 11.1 Å². The van der Waals surface area contributed by atoms with Gasteiger partial charge in [-0.3, -0.25) is 4.79 Å². The molecular formula is C18H16N2O4. The Morgan fingerprint density at radius 3 is 2.54 bits per heavy atom. The lowest BCUT2D eigenvalue weighted by Crippen LogP contribution is -2.20. The fourth-order valence-electron chi connectivity index (χ4n) is 2.52. The summed E-state index contributed by atoms with van der Waals surface area (Å²) < 4.78 is 5.39. The molecule has 0 radical (unpaired) electrons. The topological polar surface area (TPSA) is 91.4 Å². The van der Waals surface area contributed by atoms with E-state index in [0.717, 1.165) is 5.75 Å². The van der Waals surface area contributed by atoms with Crippen LogP contribution in [-0.2, 0) is 0 Å². The molecule has 0 amide bonds. The van der Waals surface area contributed by atoms with E-state index in [4.69, 9.17) is 4.74 Å². The number of aromatic nitrogens is 1. The van der Waals surface area contributed by atoms with Gasteiger partial charge in [0.15, 0.2) is 0 Å². The number of carboxylic acids is 1. The van der Waals surface area contributed by atoms with Gasteiger partial charge in [0.05, 0.1) is 17.8 Å². The highest BCUT2D eigenvalue weighted by Crippen LogP contribution is 2.28. The number of ether oxygens (including phenoxy) is 1. The molecule has 0 spiro atoms. The SMILES string of the molecule is CCOc1ccc(Nc2c(C(=O)O)c(=O)[nH]c3ccccc23)cc1. The number of H-pyrrole nitrogens is 1. The Kier molecular flexibility index (Phi) is 4.20. The van der Waals surface area contributed by atoms with Crippen LogP contribution in [0.2, 0.25) is 0 Å². The van der Waals surface area contributed by atoms with Gasteiger partial charge >= 0.3 is 5.97 Å². The number of rotatable bonds is 5. The lowest BCUT2D eigenvalue weighted by Gasteiger charge is -2.13. The number of fused-ring (bicyclic) bond motifs is 1. The first kappa shape index (κ1) is 15.6. The summed E-state index contributed by atoms with van der Waals surface area (Å²) in [6.45, 7) is 2.46. The van der Waals surface area contributed by atoms with Gasteiger partial charge in [-0.25, -0.2) is 4.79 Å². The third kappa shape index (κ3) is 2.94. The van der Waals surface area contributed by atoms with Crippen LogP contribution in [0.3, 0.4) is 0 Å². The average Bonchev–Trinajstić information content (AvgIpc) is 2.56. The number of hydrogen-bond donors (Lipinski definition) is 3. The number of nitrogens with one attached hydrogen (secondary N) is 2. The van der Waals surface area contributed by atoms with Gasteiger partial charge in [-0.2, -0.15) is 0 Å². The molecule has 0 saturated heterocycles. The number of carboxylic acid groups (broad SMARTS) is 1. The van der Waals surface area contributed by atoms with Crippen molar-refractivity contribution in [2.24, 2.45) is 0 Å². The van der Waals surface area contributed by atoms with Crippen molar-refractivity contribution in [3.63, 3.8) is 0 Å². The molecule has 3 N–H and O–H groups in total. The zero-order valence-electron chi connectivity index (χ0n) is 13.0. The van der Waals surface area contributed by atoms with E-state index in [2.05, 4.69) is 10.3 Å². The Balaban J connectivity index is 2.11. The highest BCUT2D eigenvalue weighted by Gasteiger charge is 2.18. The molecule has 0 bridgehead atoms. The summed E-state index contributed by atoms with van der Waals surface area (Å²) >= 11 is 0. The minimum atomic E-state index is -1.28. The van der Waals surface area contributed by atoms with E-state index in [0.29, 0.717) is 23.2 Å². The van der Waals surface area contributed by atoms with Gasteiger partial charge in [-0.05, 0) is 37.3 Å². The summed E-state index contributed by atoms with van der Waals surface area (Å²) in [7, 11) is 0. The fourth-order valence-corrected chi connectivity index (χ4v) is 2.52. The summed E-state index contributed by atoms with van der Waals surface area (Å²) in [5.41, 5.74) is 0.542. The fraction of sp³-hybridized carbons (Fsp3) is 0.111. The minimum Gasteiger partial charge on any atom is -0.494 e. The molecule has 1 heterocycles. The van der Waals surface area contributed by atoms with Crippen LogP contribution in [0, 0.1) is 0 Å². The number of hydrogen-bond acceptors (Lipinski definition) is 4. The number of carbonyl (C=O) groups is 1. The molecule has 0 atom stereocenters. The van der Waals surface area contributed by atoms with Crippen LogP contribution in [0.4, 0.5) is 11.4 Å². The van der Waals surface area contributed by atoms with Crippen molar-refractivity contribution < 1.29 is 14.6 Å². The van der Waals surface area contributed by atoms with E-state index >= 15 is 0 Å². The van der Waals surface area contributed by atoms with Gasteiger partial charge in [0.25, 0.3) is 5.56 Å². The number of pyridine rings is 1. The van der Waals surface area contributed by atoms with Crippen LogP contribution in [0.15, 0.2) is 53.3 Å². The Labute approximate surface area is 137 Å². The summed E-state index contributed by atoms with van der Waals surface area (Å²) in [5, 5.41) is 13.1. The van der Waals surface area contributed by atoms with Crippen molar-refractivity contribution in [2.45, 2.75) is 6.92 Å². The number of benzene rings is 2. The molecule has 0 saturated carbocycles. The molecule has 3 aromatic rings. The Hall–Kier alpha value is -3.28. The van der Waals surface area contributed by atoms with Crippen molar-refractivity contribution in [3.05, 3.63) is 64.4 Å². The van der Waals surface area contributed by atoms with Crippen molar-refractivity contribution in [3.8, 4) is 5.75 Å². The molecule has 0 aliphatic carbocycles. The van der Waals surface area contributed by atoms with Crippen LogP contribution < -0.4 is 15.6 Å². The van der Waals surface area contributed by atoms with Crippen LogP contribution in [0.5, 0.6) is 5.75 Å². The van der Waals surface area contributed by atoms with Crippen molar-refractivity contribution in [1.29, 1.82) is 0 Å². The monoisotopic (exact) mass is 324 g/mol. The van der Waals surface area contributed by atoms with Gasteiger partial charge in [0.1, 0.15) is 11.3 Å². The quantitative estimate of drug-likeness (QED) is 0.669. The molecule has 3 rings (SSSR count). The summed E-state index contributed by atoms with van der Waals surface area (Å²) in [6.07, 6.45) is 0. The number of aromatic carboxylic acids is 1. The molecule has 24 heavy (non-hydrogen) atoms. The summed E-state index contributed by atoms with van der Waals surface area (Å²) in [6, 6.07) is 14.2. The lowest BCUT2D eigenvalue weighted by molar-refractivity contribution is 0.0696. The maximum absolute atomic E-state index is 12.1. The molecule has 6 nitrogen and oxygen atoms in total. The number of para-hydroxylation sites is 1. The third-order valence-corrected chi connectivity index (χ3v) is 3.57. The Morgan fingerprint density at radius 2 is 1.88 bits per heavy atom. The van der Waals surface area contributed by atoms with Gasteiger partial charge in [-0.1, -0.05) is 18.2 Å². The van der Waals surface area contributed by atoms with E-state index in [1.54, 1.807) is 48.5 Å². The average molecular weight is 324 g/mol. The normalized spacial score (nSPS) is 10.5. The van der Waals surface area contributed by atoms with Gasteiger partial charge in [0.2, 0.25) is 0 Å². The molecule has 122 valence electrons. The first-order chi connectivity index (χ1) is 11.6. The molecule has 0 aliphatic heterocycles. The molecular weight excluding hydrogens is 308 g/mol. The molecule has 0 aliphatic rings. The molecule has 0 fully saturated rings. The predicted molar refractivity (Wildman–Crippen MR) is 92.4 cm³/mol. The predicted octanol–water partition coefficient (Wildman–Crippen LogP) is 3.37. The van der Waals surface area contributed by atoms with Crippen LogP contribution >= 0.6 is 0 Å². The van der Waals surface area contributed by atoms with Crippen molar-refractivity contribution >= 4 is 28.2 Å². The van der Waals surface area contributed by atoms with Crippen molar-refractivity contribution in [2.75, 3.05) is 11.9 Å². The van der Waals surface area contributed by atoms with E-state index in [1.807, 2.05) is 6.92 Å². The zero-order chi connectivity index (χ0) is 17.1. The first-order valence-corrected chi connectivity index (χ1v) is 7.48. The maximum atomic E-state index is 12.1. The largest absolute Gasteiger partial charge is 0.494 e. The highest BCUT2D eigenvalue weighted by atomic mass is 16.5. The van der Waals surface area contributed by atoms with E-state index in [9.17, 15) is 14.7 Å². The standard InChI is InChI=1S/C18H16N2O4/c1-2-24-12-9-7-11(8-10-12)19-16-13-5-3-4-6-14(13)20-17(21)15(16)18(22)23/h3-10H,2H2,1H3,(H,22,23)(H2,19,20,21). The Bertz CT molecular complexity index is 945. The second-order valence-corrected chi connectivity index (χ2v) is 5.14. The molecule has 1 aromatic heterocycles. The van der Waals surface area contributed by atoms with Crippen LogP contribution in [0.1, 0.15) is 17.3 Å². The second kappa shape index (κ2) is 6.45. The maximum Gasteiger partial charge on any atom is 0.343 e. The first-order valence-electron chi connectivity index (χ1n) is 7.48. The van der Waals surface area contributed by atoms with E-state index in [1.165, 1.54) is 0 Å². The lowest BCUT2D eigenvalue weighted by atomic mass is 10.1. The highest BCUT2D eigenvalue weighted by molar-refractivity contribution is 6.05. The molecule has 6 heteroatoms. The molecule has 2 aromatic carbocycles. The zero-order valence-corrected chi connectivity index (χ0v) is 13.0. The smallest absolute Gasteiger partial charge is 0.343 e. The summed E-state index contributed by atoms with van der Waals surface area (Å²) in [5.74, 6) is -0.562. The van der Waals surface area contributed by atoms with Crippen LogP contribution in [-0.4, -0.2) is 22.7 Å². The van der Waals surface area contributed by atoms with Crippen molar-refractivity contribution in [1.82, 2.24) is 4.98 Å².